The number of carbonyl (C=O) groups is 2. The first-order chi connectivity index (χ1) is 17.6. The molecule has 1 N–H and O–H groups in total. The first-order valence-corrected chi connectivity index (χ1v) is 14.3. The average molecular weight is 525 g/mol. The predicted octanol–water partition coefficient (Wildman–Crippen LogP) is 7.75. The molecule has 3 rings (SSSR count). The van der Waals surface area contributed by atoms with E-state index < -0.39 is 5.97 Å². The summed E-state index contributed by atoms with van der Waals surface area (Å²) in [5.74, 6) is 1.21. The van der Waals surface area contributed by atoms with Crippen molar-refractivity contribution in [3.63, 3.8) is 0 Å². The molecule has 5 nitrogen and oxygen atoms in total. The second-order valence-electron chi connectivity index (χ2n) is 10.2. The third kappa shape index (κ3) is 7.64. The topological polar surface area (TPSA) is 72.8 Å². The molecule has 0 heterocycles. The van der Waals surface area contributed by atoms with Gasteiger partial charge in [-0.25, -0.2) is 4.79 Å². The van der Waals surface area contributed by atoms with Crippen molar-refractivity contribution >= 4 is 29.6 Å². The molecule has 0 bridgehead atoms. The zero-order chi connectivity index (χ0) is 27.1. The largest absolute Gasteiger partial charge is 0.492 e. The molecule has 0 spiro atoms. The van der Waals surface area contributed by atoms with Gasteiger partial charge in [0.25, 0.3) is 0 Å². The highest BCUT2D eigenvalue weighted by molar-refractivity contribution is 7.99. The van der Waals surface area contributed by atoms with Crippen molar-refractivity contribution in [2.45, 2.75) is 85.0 Å². The molecule has 37 heavy (non-hydrogen) atoms. The Morgan fingerprint density at radius 3 is 2.24 bits per heavy atom. The standard InChI is InChI=1S/C31H40O5S/c1-19(2)36-30-23(6)28(31(33)34)20(3)16-24(30)12-13-27(32)25-17-21(4)29(22(5)18-25)35-14-15-37-26-10-8-7-9-11-26/h12-13,16-19,26H,7-11,14-15H2,1-6H3,(H,33,34). The number of carboxylic acid groups (broad SMARTS) is 1. The Morgan fingerprint density at radius 1 is 1.00 bits per heavy atom. The molecule has 1 fully saturated rings. The number of rotatable bonds is 11. The minimum absolute atomic E-state index is 0.126. The number of aromatic carboxylic acids is 1. The first kappa shape index (κ1) is 28.8. The van der Waals surface area contributed by atoms with Crippen molar-refractivity contribution in [3.8, 4) is 11.5 Å². The van der Waals surface area contributed by atoms with E-state index in [1.807, 2.05) is 51.6 Å². The Morgan fingerprint density at radius 2 is 1.65 bits per heavy atom. The Hall–Kier alpha value is -2.73. The zero-order valence-electron chi connectivity index (χ0n) is 23.0. The zero-order valence-corrected chi connectivity index (χ0v) is 23.8. The summed E-state index contributed by atoms with van der Waals surface area (Å²) in [7, 11) is 0. The van der Waals surface area contributed by atoms with Gasteiger partial charge >= 0.3 is 5.97 Å². The summed E-state index contributed by atoms with van der Waals surface area (Å²) < 4.78 is 12.1. The third-order valence-electron chi connectivity index (χ3n) is 6.71. The molecule has 0 radical (unpaired) electrons. The van der Waals surface area contributed by atoms with E-state index in [-0.39, 0.29) is 17.5 Å². The van der Waals surface area contributed by atoms with Crippen LogP contribution in [-0.4, -0.2) is 40.6 Å². The molecular formula is C31H40O5S. The molecule has 1 aliphatic carbocycles. The van der Waals surface area contributed by atoms with E-state index in [2.05, 4.69) is 0 Å². The van der Waals surface area contributed by atoms with Crippen LogP contribution in [0.15, 0.2) is 24.3 Å². The van der Waals surface area contributed by atoms with Crippen molar-refractivity contribution in [1.82, 2.24) is 0 Å². The fourth-order valence-corrected chi connectivity index (χ4v) is 6.19. The lowest BCUT2D eigenvalue weighted by atomic mass is 9.96. The van der Waals surface area contributed by atoms with Crippen LogP contribution in [0, 0.1) is 27.7 Å². The van der Waals surface area contributed by atoms with Crippen molar-refractivity contribution in [2.75, 3.05) is 12.4 Å². The smallest absolute Gasteiger partial charge is 0.336 e. The van der Waals surface area contributed by atoms with Crippen LogP contribution in [0.2, 0.25) is 0 Å². The quantitative estimate of drug-likeness (QED) is 0.184. The highest BCUT2D eigenvalue weighted by Gasteiger charge is 2.19. The SMILES string of the molecule is Cc1cc(C(=O)C=Cc2cc(C)c(C(=O)O)c(C)c2OC(C)C)cc(C)c1OCCSC1CCCCC1. The molecule has 1 aliphatic rings. The Balaban J connectivity index is 1.73. The fourth-order valence-electron chi connectivity index (χ4n) is 5.01. The lowest BCUT2D eigenvalue weighted by Gasteiger charge is -2.21. The summed E-state index contributed by atoms with van der Waals surface area (Å²) >= 11 is 2.02. The summed E-state index contributed by atoms with van der Waals surface area (Å²) in [6.45, 7) is 11.9. The van der Waals surface area contributed by atoms with Gasteiger partial charge in [-0.3, -0.25) is 4.79 Å². The van der Waals surface area contributed by atoms with Gasteiger partial charge in [-0.1, -0.05) is 19.3 Å². The first-order valence-electron chi connectivity index (χ1n) is 13.2. The van der Waals surface area contributed by atoms with Crippen LogP contribution >= 0.6 is 11.8 Å². The highest BCUT2D eigenvalue weighted by atomic mass is 32.2. The van der Waals surface area contributed by atoms with Gasteiger partial charge in [-0.2, -0.15) is 11.8 Å². The second kappa shape index (κ2) is 13.2. The minimum Gasteiger partial charge on any atom is -0.492 e. The van der Waals surface area contributed by atoms with Crippen molar-refractivity contribution < 1.29 is 24.2 Å². The van der Waals surface area contributed by atoms with Gasteiger partial charge in [-0.05, 0) is 101 Å². The molecule has 0 atom stereocenters. The Kier molecular flexibility index (Phi) is 10.3. The lowest BCUT2D eigenvalue weighted by Crippen LogP contribution is -2.12. The van der Waals surface area contributed by atoms with Crippen LogP contribution in [0.5, 0.6) is 11.5 Å². The maximum absolute atomic E-state index is 13.1. The van der Waals surface area contributed by atoms with Gasteiger partial charge in [0.1, 0.15) is 11.5 Å². The predicted molar refractivity (Wildman–Crippen MR) is 153 cm³/mol. The van der Waals surface area contributed by atoms with E-state index in [4.69, 9.17) is 9.47 Å². The van der Waals surface area contributed by atoms with Crippen LogP contribution in [0.25, 0.3) is 6.08 Å². The van der Waals surface area contributed by atoms with Crippen LogP contribution in [0.4, 0.5) is 0 Å². The van der Waals surface area contributed by atoms with E-state index in [9.17, 15) is 14.7 Å². The van der Waals surface area contributed by atoms with Gasteiger partial charge in [0.05, 0.1) is 18.3 Å². The molecule has 0 aromatic heterocycles. The number of ketones is 1. The summed E-state index contributed by atoms with van der Waals surface area (Å²) in [6.07, 6.45) is 9.81. The Labute approximate surface area is 225 Å². The molecule has 0 amide bonds. The van der Waals surface area contributed by atoms with E-state index in [1.54, 1.807) is 26.0 Å². The van der Waals surface area contributed by atoms with E-state index >= 15 is 0 Å². The average Bonchev–Trinajstić information content (AvgIpc) is 2.83. The van der Waals surface area contributed by atoms with Crippen molar-refractivity contribution in [3.05, 3.63) is 63.2 Å². The van der Waals surface area contributed by atoms with E-state index in [0.717, 1.165) is 27.9 Å². The molecule has 1 saturated carbocycles. The van der Waals surface area contributed by atoms with Crippen molar-refractivity contribution in [2.24, 2.45) is 0 Å². The number of hydrogen-bond donors (Lipinski definition) is 1. The number of thioether (sulfide) groups is 1. The summed E-state index contributed by atoms with van der Waals surface area (Å²) in [5.41, 5.74) is 4.59. The number of carboxylic acids is 1. The number of hydrogen-bond acceptors (Lipinski definition) is 5. The molecule has 2 aromatic rings. The molecule has 6 heteroatoms. The maximum atomic E-state index is 13.1. The number of carbonyl (C=O) groups excluding carboxylic acids is 1. The van der Waals surface area contributed by atoms with Crippen LogP contribution in [-0.2, 0) is 0 Å². The third-order valence-corrected chi connectivity index (χ3v) is 8.05. The molecule has 0 aliphatic heterocycles. The van der Waals surface area contributed by atoms with Gasteiger partial charge in [0, 0.05) is 27.7 Å². The van der Waals surface area contributed by atoms with Crippen LogP contribution < -0.4 is 9.47 Å². The maximum Gasteiger partial charge on any atom is 0.336 e. The normalized spacial score (nSPS) is 14.4. The number of ether oxygens (including phenoxy) is 2. The summed E-state index contributed by atoms with van der Waals surface area (Å²) in [6, 6.07) is 5.51. The summed E-state index contributed by atoms with van der Waals surface area (Å²) in [5, 5.41) is 10.4. The fraction of sp³-hybridized carbons (Fsp3) is 0.484. The molecule has 2 aromatic carbocycles. The Bertz CT molecular complexity index is 1140. The number of benzene rings is 2. The highest BCUT2D eigenvalue weighted by Crippen LogP contribution is 2.32. The van der Waals surface area contributed by atoms with Gasteiger partial charge in [0.15, 0.2) is 5.78 Å². The van der Waals surface area contributed by atoms with E-state index in [1.165, 1.54) is 38.2 Å². The lowest BCUT2D eigenvalue weighted by molar-refractivity contribution is 0.0694. The van der Waals surface area contributed by atoms with Crippen molar-refractivity contribution in [1.29, 1.82) is 0 Å². The minimum atomic E-state index is -0.990. The molecule has 0 unspecified atom stereocenters. The second-order valence-corrected chi connectivity index (χ2v) is 11.6. The van der Waals surface area contributed by atoms with Gasteiger partial charge in [0.2, 0.25) is 0 Å². The van der Waals surface area contributed by atoms with E-state index in [0.29, 0.717) is 34.6 Å². The molecular weight excluding hydrogens is 484 g/mol. The monoisotopic (exact) mass is 524 g/mol. The van der Waals surface area contributed by atoms with Gasteiger partial charge in [-0.15, -0.1) is 0 Å². The summed E-state index contributed by atoms with van der Waals surface area (Å²) in [4.78, 5) is 24.8. The van der Waals surface area contributed by atoms with Crippen LogP contribution in [0.3, 0.4) is 0 Å². The van der Waals surface area contributed by atoms with Gasteiger partial charge < -0.3 is 14.6 Å². The number of allylic oxidation sites excluding steroid dienone is 1. The number of aryl methyl sites for hydroxylation is 3. The molecule has 0 saturated heterocycles. The molecule has 200 valence electrons. The van der Waals surface area contributed by atoms with Crippen LogP contribution in [0.1, 0.15) is 94.5 Å².